The molecular weight excluding hydrogens is 358 g/mol. The second-order valence-electron chi connectivity index (χ2n) is 5.86. The molecule has 2 rings (SSSR count). The van der Waals surface area contributed by atoms with Gasteiger partial charge < -0.3 is 25.4 Å². The Morgan fingerprint density at radius 1 is 1.11 bits per heavy atom. The van der Waals surface area contributed by atoms with Crippen molar-refractivity contribution in [2.24, 2.45) is 0 Å². The number of carbonyl (C=O) groups is 2. The van der Waals surface area contributed by atoms with Crippen LogP contribution in [0, 0.1) is 0 Å². The highest BCUT2D eigenvalue weighted by Gasteiger charge is 2.07. The zero-order chi connectivity index (χ0) is 20.2. The first-order valence-electron chi connectivity index (χ1n) is 8.87. The SMILES string of the molecule is C=CCOc1ccc(NC(=O)CNc2cccc(C(=O)NCCOC)c2)cc1. The van der Waals surface area contributed by atoms with Gasteiger partial charge in [-0.25, -0.2) is 0 Å². The maximum absolute atomic E-state index is 12.1. The van der Waals surface area contributed by atoms with Crippen molar-refractivity contribution >= 4 is 23.2 Å². The van der Waals surface area contributed by atoms with Crippen LogP contribution in [-0.4, -0.2) is 45.2 Å². The number of anilines is 2. The van der Waals surface area contributed by atoms with Gasteiger partial charge in [-0.05, 0) is 42.5 Å². The quantitative estimate of drug-likeness (QED) is 0.410. The van der Waals surface area contributed by atoms with E-state index in [1.807, 2.05) is 0 Å². The van der Waals surface area contributed by atoms with E-state index in [0.717, 1.165) is 0 Å². The fourth-order valence-electron chi connectivity index (χ4n) is 2.32. The lowest BCUT2D eigenvalue weighted by molar-refractivity contribution is -0.114. The van der Waals surface area contributed by atoms with Gasteiger partial charge in [0.05, 0.1) is 13.2 Å². The lowest BCUT2D eigenvalue weighted by Gasteiger charge is -2.10. The monoisotopic (exact) mass is 383 g/mol. The molecule has 28 heavy (non-hydrogen) atoms. The minimum atomic E-state index is -0.199. The third kappa shape index (κ3) is 7.13. The topological polar surface area (TPSA) is 88.7 Å². The van der Waals surface area contributed by atoms with Crippen LogP contribution in [0.3, 0.4) is 0 Å². The van der Waals surface area contributed by atoms with E-state index in [2.05, 4.69) is 22.5 Å². The fourth-order valence-corrected chi connectivity index (χ4v) is 2.32. The third-order valence-electron chi connectivity index (χ3n) is 3.68. The maximum atomic E-state index is 12.1. The highest BCUT2D eigenvalue weighted by Crippen LogP contribution is 2.16. The molecule has 0 radical (unpaired) electrons. The number of rotatable bonds is 11. The molecule has 0 saturated heterocycles. The number of hydrogen-bond donors (Lipinski definition) is 3. The smallest absolute Gasteiger partial charge is 0.251 e. The molecule has 7 heteroatoms. The molecule has 0 aliphatic carbocycles. The number of ether oxygens (including phenoxy) is 2. The summed E-state index contributed by atoms with van der Waals surface area (Å²) in [5, 5.41) is 8.57. The summed E-state index contributed by atoms with van der Waals surface area (Å²) in [5.41, 5.74) is 1.86. The van der Waals surface area contributed by atoms with Crippen LogP contribution in [0.5, 0.6) is 5.75 Å². The lowest BCUT2D eigenvalue weighted by atomic mass is 10.2. The Morgan fingerprint density at radius 2 is 1.89 bits per heavy atom. The summed E-state index contributed by atoms with van der Waals surface area (Å²) in [6.45, 7) is 4.98. The van der Waals surface area contributed by atoms with Gasteiger partial charge in [-0.2, -0.15) is 0 Å². The fraction of sp³-hybridized carbons (Fsp3) is 0.238. The van der Waals surface area contributed by atoms with Gasteiger partial charge in [0.25, 0.3) is 5.91 Å². The Balaban J connectivity index is 1.82. The van der Waals surface area contributed by atoms with Crippen molar-refractivity contribution in [3.8, 4) is 5.75 Å². The molecule has 2 aromatic rings. The Labute approximate surface area is 164 Å². The molecule has 2 amide bonds. The summed E-state index contributed by atoms with van der Waals surface area (Å²) in [6, 6.07) is 14.0. The Hall–Kier alpha value is -3.32. The predicted octanol–water partition coefficient (Wildman–Crippen LogP) is 2.68. The molecule has 2 aromatic carbocycles. The molecule has 0 spiro atoms. The van der Waals surface area contributed by atoms with E-state index in [-0.39, 0.29) is 18.4 Å². The van der Waals surface area contributed by atoms with Gasteiger partial charge in [0, 0.05) is 30.6 Å². The lowest BCUT2D eigenvalue weighted by Crippen LogP contribution is -2.27. The average Bonchev–Trinajstić information content (AvgIpc) is 2.72. The summed E-state index contributed by atoms with van der Waals surface area (Å²) in [4.78, 5) is 24.2. The first kappa shape index (κ1) is 21.0. The van der Waals surface area contributed by atoms with Crippen molar-refractivity contribution in [2.75, 3.05) is 44.0 Å². The average molecular weight is 383 g/mol. The van der Waals surface area contributed by atoms with Crippen molar-refractivity contribution in [3.63, 3.8) is 0 Å². The molecule has 0 aliphatic heterocycles. The molecule has 148 valence electrons. The number of hydrogen-bond acceptors (Lipinski definition) is 5. The van der Waals surface area contributed by atoms with Crippen LogP contribution in [0.2, 0.25) is 0 Å². The summed E-state index contributed by atoms with van der Waals surface area (Å²) >= 11 is 0. The van der Waals surface area contributed by atoms with E-state index < -0.39 is 0 Å². The summed E-state index contributed by atoms with van der Waals surface area (Å²) in [7, 11) is 1.58. The van der Waals surface area contributed by atoms with Gasteiger partial charge in [-0.3, -0.25) is 9.59 Å². The zero-order valence-electron chi connectivity index (χ0n) is 15.9. The molecule has 0 aliphatic rings. The highest BCUT2D eigenvalue weighted by molar-refractivity contribution is 5.96. The second kappa shape index (κ2) is 11.4. The summed E-state index contributed by atoms with van der Waals surface area (Å²) < 4.78 is 10.3. The Kier molecular flexibility index (Phi) is 8.55. The second-order valence-corrected chi connectivity index (χ2v) is 5.86. The van der Waals surface area contributed by atoms with Crippen molar-refractivity contribution < 1.29 is 19.1 Å². The largest absolute Gasteiger partial charge is 0.490 e. The number of nitrogens with one attached hydrogen (secondary N) is 3. The van der Waals surface area contributed by atoms with Crippen molar-refractivity contribution in [1.29, 1.82) is 0 Å². The molecule has 0 aromatic heterocycles. The number of methoxy groups -OCH3 is 1. The van der Waals surface area contributed by atoms with Crippen LogP contribution in [0.15, 0.2) is 61.2 Å². The number of benzene rings is 2. The third-order valence-corrected chi connectivity index (χ3v) is 3.68. The predicted molar refractivity (Wildman–Crippen MR) is 110 cm³/mol. The van der Waals surface area contributed by atoms with Crippen LogP contribution < -0.4 is 20.7 Å². The van der Waals surface area contributed by atoms with Crippen molar-refractivity contribution in [3.05, 3.63) is 66.7 Å². The van der Waals surface area contributed by atoms with Gasteiger partial charge >= 0.3 is 0 Å². The minimum Gasteiger partial charge on any atom is -0.490 e. The van der Waals surface area contributed by atoms with Gasteiger partial charge in [0.15, 0.2) is 0 Å². The minimum absolute atomic E-state index is 0.0729. The van der Waals surface area contributed by atoms with Crippen molar-refractivity contribution in [1.82, 2.24) is 5.32 Å². The Bertz CT molecular complexity index is 790. The first-order valence-corrected chi connectivity index (χ1v) is 8.87. The molecule has 0 atom stereocenters. The molecule has 0 fully saturated rings. The normalized spacial score (nSPS) is 10.0. The maximum Gasteiger partial charge on any atom is 0.251 e. The molecule has 0 bridgehead atoms. The number of amides is 2. The van der Waals surface area contributed by atoms with Crippen molar-refractivity contribution in [2.45, 2.75) is 0 Å². The molecule has 0 heterocycles. The first-order chi connectivity index (χ1) is 13.6. The van der Waals surface area contributed by atoms with Crippen LogP contribution in [-0.2, 0) is 9.53 Å². The van der Waals surface area contributed by atoms with E-state index in [4.69, 9.17) is 9.47 Å². The Morgan fingerprint density at radius 3 is 2.61 bits per heavy atom. The van der Waals surface area contributed by atoms with Gasteiger partial charge in [-0.15, -0.1) is 0 Å². The van der Waals surface area contributed by atoms with E-state index in [0.29, 0.717) is 42.4 Å². The van der Waals surface area contributed by atoms with E-state index in [1.54, 1.807) is 61.7 Å². The van der Waals surface area contributed by atoms with Crippen LogP contribution in [0.1, 0.15) is 10.4 Å². The number of carbonyl (C=O) groups excluding carboxylic acids is 2. The summed E-state index contributed by atoms with van der Waals surface area (Å²) in [5.74, 6) is 0.315. The van der Waals surface area contributed by atoms with Crippen LogP contribution >= 0.6 is 0 Å². The zero-order valence-corrected chi connectivity index (χ0v) is 15.9. The van der Waals surface area contributed by atoms with E-state index in [9.17, 15) is 9.59 Å². The molecule has 0 saturated carbocycles. The van der Waals surface area contributed by atoms with E-state index in [1.165, 1.54) is 0 Å². The molecule has 0 unspecified atom stereocenters. The van der Waals surface area contributed by atoms with Crippen LogP contribution in [0.4, 0.5) is 11.4 Å². The molecule has 7 nitrogen and oxygen atoms in total. The van der Waals surface area contributed by atoms with Gasteiger partial charge in [0.2, 0.25) is 5.91 Å². The highest BCUT2D eigenvalue weighted by atomic mass is 16.5. The molecular formula is C21H25N3O4. The standard InChI is InChI=1S/C21H25N3O4/c1-3-12-28-19-9-7-17(8-10-19)24-20(25)15-23-18-6-4-5-16(14-18)21(26)22-11-13-27-2/h3-10,14,23H,1,11-13,15H2,2H3,(H,22,26)(H,24,25). The summed E-state index contributed by atoms with van der Waals surface area (Å²) in [6.07, 6.45) is 1.67. The van der Waals surface area contributed by atoms with Gasteiger partial charge in [-0.1, -0.05) is 18.7 Å². The van der Waals surface area contributed by atoms with E-state index >= 15 is 0 Å². The van der Waals surface area contributed by atoms with Gasteiger partial charge in [0.1, 0.15) is 12.4 Å². The molecule has 3 N–H and O–H groups in total. The van der Waals surface area contributed by atoms with Crippen LogP contribution in [0.25, 0.3) is 0 Å².